The summed E-state index contributed by atoms with van der Waals surface area (Å²) in [5.74, 6) is 0. The van der Waals surface area contributed by atoms with Crippen molar-refractivity contribution in [1.82, 2.24) is 15.0 Å². The van der Waals surface area contributed by atoms with Crippen LogP contribution in [0.4, 0.5) is 0 Å². The third kappa shape index (κ3) is 9.65. The Labute approximate surface area is 398 Å². The van der Waals surface area contributed by atoms with Gasteiger partial charge in [-0.3, -0.25) is 15.0 Å². The average Bonchev–Trinajstić information content (AvgIpc) is 3.42. The lowest BCUT2D eigenvalue weighted by atomic mass is 9.86. The zero-order valence-corrected chi connectivity index (χ0v) is 37.4. The van der Waals surface area contributed by atoms with Crippen molar-refractivity contribution in [2.75, 3.05) is 0 Å². The predicted molar refractivity (Wildman–Crippen MR) is 275 cm³/mol. The molecule has 68 heavy (non-hydrogen) atoms. The zero-order chi connectivity index (χ0) is 46.1. The van der Waals surface area contributed by atoms with E-state index < -0.39 is 0 Å². The van der Waals surface area contributed by atoms with Crippen LogP contribution >= 0.6 is 0 Å². The first kappa shape index (κ1) is 42.9. The van der Waals surface area contributed by atoms with E-state index in [0.717, 1.165) is 98.4 Å². The summed E-state index contributed by atoms with van der Waals surface area (Å²) in [5, 5.41) is 19.4. The molecule has 5 heteroatoms. The second-order valence-corrected chi connectivity index (χ2v) is 16.9. The van der Waals surface area contributed by atoms with Crippen LogP contribution in [-0.4, -0.2) is 15.0 Å². The predicted octanol–water partition coefficient (Wildman–Crippen LogP) is 14.9. The molecular formula is C63H45N5. The molecule has 0 aliphatic carbocycles. The van der Waals surface area contributed by atoms with Gasteiger partial charge in [0.05, 0.1) is 40.3 Å². The lowest BCUT2D eigenvalue weighted by Crippen LogP contribution is -1.98. The van der Waals surface area contributed by atoms with Gasteiger partial charge in [0, 0.05) is 35.3 Å². The van der Waals surface area contributed by atoms with Gasteiger partial charge in [-0.2, -0.15) is 10.5 Å². The van der Waals surface area contributed by atoms with Crippen LogP contribution in [0.3, 0.4) is 0 Å². The molecule has 0 unspecified atom stereocenters. The molecule has 0 spiro atoms. The lowest BCUT2D eigenvalue weighted by molar-refractivity contribution is 0.931. The van der Waals surface area contributed by atoms with Gasteiger partial charge in [0.2, 0.25) is 0 Å². The molecule has 3 aromatic heterocycles. The minimum atomic E-state index is 0.466. The second kappa shape index (κ2) is 20.0. The first-order chi connectivity index (χ1) is 33.6. The Bertz CT molecular complexity index is 3320. The molecule has 0 saturated carbocycles. The number of nitrogens with zero attached hydrogens (tertiary/aromatic N) is 5. The topological polar surface area (TPSA) is 86.2 Å². The van der Waals surface area contributed by atoms with E-state index in [9.17, 15) is 10.5 Å². The molecular weight excluding hydrogens is 827 g/mol. The highest BCUT2D eigenvalue weighted by molar-refractivity contribution is 5.94. The van der Waals surface area contributed by atoms with E-state index in [-0.39, 0.29) is 0 Å². The standard InChI is InChI=1S/C63H45N5/c64-42-48-22-32-56(55(40-48)43-65)49-27-29-50(30-28-49)60-41-53(63-13-5-8-36-68-63)31-33-59(60)58-10-2-1-9-57(58)54-38-46(16-14-44-18-23-51(24-19-44)61-11-3-6-34-66-61)37-47(39-54)17-15-45-20-25-52(26-21-45)62-12-4-7-35-67-62/h1-13,18-41H,14-17H2. The van der Waals surface area contributed by atoms with E-state index in [4.69, 9.17) is 4.98 Å². The third-order valence-electron chi connectivity index (χ3n) is 12.6. The number of aromatic nitrogens is 3. The highest BCUT2D eigenvalue weighted by Gasteiger charge is 2.17. The Morgan fingerprint density at radius 3 is 1.25 bits per heavy atom. The summed E-state index contributed by atoms with van der Waals surface area (Å²) in [7, 11) is 0. The number of rotatable bonds is 13. The molecule has 10 rings (SSSR count). The summed E-state index contributed by atoms with van der Waals surface area (Å²) < 4.78 is 0. The number of benzene rings is 7. The highest BCUT2D eigenvalue weighted by Crippen LogP contribution is 2.41. The van der Waals surface area contributed by atoms with Crippen LogP contribution in [0.15, 0.2) is 225 Å². The Balaban J connectivity index is 1.02. The number of aryl methyl sites for hydroxylation is 4. The molecule has 0 bridgehead atoms. The number of pyridine rings is 3. The zero-order valence-electron chi connectivity index (χ0n) is 37.4. The summed E-state index contributed by atoms with van der Waals surface area (Å²) >= 11 is 0. The van der Waals surface area contributed by atoms with E-state index in [1.807, 2.05) is 79.3 Å². The third-order valence-corrected chi connectivity index (χ3v) is 12.6. The first-order valence-corrected chi connectivity index (χ1v) is 22.9. The maximum atomic E-state index is 9.97. The molecule has 5 nitrogen and oxygen atoms in total. The SMILES string of the molecule is N#Cc1ccc(-c2ccc(-c3cc(-c4ccccn4)ccc3-c3ccccc3-c3cc(CCc4ccc(-c5ccccn5)cc4)cc(CCc4ccc(-c5ccccn5)cc4)c3)cc2)c(C#N)c1. The summed E-state index contributed by atoms with van der Waals surface area (Å²) in [6.45, 7) is 0. The largest absolute Gasteiger partial charge is 0.256 e. The van der Waals surface area contributed by atoms with Crippen molar-refractivity contribution in [2.45, 2.75) is 25.7 Å². The van der Waals surface area contributed by atoms with Gasteiger partial charge in [-0.1, -0.05) is 152 Å². The fourth-order valence-electron chi connectivity index (χ4n) is 9.00. The molecule has 0 radical (unpaired) electrons. The second-order valence-electron chi connectivity index (χ2n) is 16.9. The molecule has 0 saturated heterocycles. The smallest absolute Gasteiger partial charge is 0.0998 e. The van der Waals surface area contributed by atoms with Gasteiger partial charge in [-0.25, -0.2) is 0 Å². The Hall–Kier alpha value is -9.03. The van der Waals surface area contributed by atoms with Crippen molar-refractivity contribution in [1.29, 1.82) is 10.5 Å². The molecule has 0 N–H and O–H groups in total. The van der Waals surface area contributed by atoms with Gasteiger partial charge >= 0.3 is 0 Å². The van der Waals surface area contributed by atoms with Gasteiger partial charge in [0.1, 0.15) is 0 Å². The van der Waals surface area contributed by atoms with E-state index in [2.05, 4.69) is 156 Å². The van der Waals surface area contributed by atoms with Crippen molar-refractivity contribution in [3.8, 4) is 90.4 Å². The molecule has 0 atom stereocenters. The van der Waals surface area contributed by atoms with Crippen LogP contribution in [-0.2, 0) is 25.7 Å². The van der Waals surface area contributed by atoms with Crippen LogP contribution in [0, 0.1) is 22.7 Å². The normalized spacial score (nSPS) is 10.9. The monoisotopic (exact) mass is 871 g/mol. The molecule has 322 valence electrons. The van der Waals surface area contributed by atoms with Crippen molar-refractivity contribution in [2.24, 2.45) is 0 Å². The summed E-state index contributed by atoms with van der Waals surface area (Å²) in [5.41, 5.74) is 20.6. The Kier molecular flexibility index (Phi) is 12.6. The average molecular weight is 872 g/mol. The van der Waals surface area contributed by atoms with Gasteiger partial charge < -0.3 is 0 Å². The van der Waals surface area contributed by atoms with E-state index >= 15 is 0 Å². The molecule has 0 fully saturated rings. The summed E-state index contributed by atoms with van der Waals surface area (Å²) in [6, 6.07) is 76.3. The maximum Gasteiger partial charge on any atom is 0.0998 e. The van der Waals surface area contributed by atoms with Gasteiger partial charge in [0.15, 0.2) is 0 Å². The van der Waals surface area contributed by atoms with E-state index in [0.29, 0.717) is 11.1 Å². The van der Waals surface area contributed by atoms with Crippen molar-refractivity contribution >= 4 is 0 Å². The maximum absolute atomic E-state index is 9.97. The molecule has 10 aromatic rings. The lowest BCUT2D eigenvalue weighted by Gasteiger charge is -2.18. The van der Waals surface area contributed by atoms with E-state index in [1.165, 1.54) is 27.8 Å². The molecule has 7 aromatic carbocycles. The van der Waals surface area contributed by atoms with Crippen LogP contribution in [0.1, 0.15) is 33.4 Å². The van der Waals surface area contributed by atoms with E-state index in [1.54, 1.807) is 12.1 Å². The molecule has 3 heterocycles. The van der Waals surface area contributed by atoms with Crippen molar-refractivity contribution in [3.63, 3.8) is 0 Å². The van der Waals surface area contributed by atoms with Crippen LogP contribution < -0.4 is 0 Å². The quantitative estimate of drug-likeness (QED) is 0.115. The molecule has 0 aliphatic rings. The fourth-order valence-corrected chi connectivity index (χ4v) is 9.00. The minimum Gasteiger partial charge on any atom is -0.256 e. The van der Waals surface area contributed by atoms with Gasteiger partial charge in [0.25, 0.3) is 0 Å². The summed E-state index contributed by atoms with van der Waals surface area (Å²) in [6.07, 6.45) is 9.12. The number of hydrogen-bond donors (Lipinski definition) is 0. The van der Waals surface area contributed by atoms with Gasteiger partial charge in [-0.05, 0) is 147 Å². The first-order valence-electron chi connectivity index (χ1n) is 22.9. The van der Waals surface area contributed by atoms with Crippen LogP contribution in [0.5, 0.6) is 0 Å². The summed E-state index contributed by atoms with van der Waals surface area (Å²) in [4.78, 5) is 13.8. The van der Waals surface area contributed by atoms with Crippen LogP contribution in [0.25, 0.3) is 78.3 Å². The van der Waals surface area contributed by atoms with Crippen molar-refractivity contribution in [3.05, 3.63) is 258 Å². The number of hydrogen-bond acceptors (Lipinski definition) is 5. The van der Waals surface area contributed by atoms with Crippen molar-refractivity contribution < 1.29 is 0 Å². The molecule has 0 aliphatic heterocycles. The van der Waals surface area contributed by atoms with Crippen LogP contribution in [0.2, 0.25) is 0 Å². The Morgan fingerprint density at radius 2 is 0.735 bits per heavy atom. The Morgan fingerprint density at radius 1 is 0.294 bits per heavy atom. The minimum absolute atomic E-state index is 0.466. The van der Waals surface area contributed by atoms with Gasteiger partial charge in [-0.15, -0.1) is 0 Å². The highest BCUT2D eigenvalue weighted by atomic mass is 14.7. The fraction of sp³-hybridized carbons (Fsp3) is 0.0635. The number of nitriles is 2. The molecule has 0 amide bonds.